The Kier molecular flexibility index (Phi) is 4.16. The first kappa shape index (κ1) is 11.3. The van der Waals surface area contributed by atoms with Gasteiger partial charge in [0.25, 0.3) is 0 Å². The molecule has 0 spiro atoms. The Morgan fingerprint density at radius 1 is 1.50 bits per heavy atom. The van der Waals surface area contributed by atoms with Gasteiger partial charge in [0, 0.05) is 19.6 Å². The van der Waals surface area contributed by atoms with Gasteiger partial charge < -0.3 is 9.64 Å². The van der Waals surface area contributed by atoms with Crippen molar-refractivity contribution in [2.24, 2.45) is 10.8 Å². The SMILES string of the molecule is CCN=C(NN)N1CC(C)OC(C)C1. The Morgan fingerprint density at radius 2 is 2.07 bits per heavy atom. The molecule has 1 heterocycles. The second-order valence-electron chi connectivity index (χ2n) is 3.60. The molecule has 2 atom stereocenters. The van der Waals surface area contributed by atoms with E-state index >= 15 is 0 Å². The third-order valence-electron chi connectivity index (χ3n) is 2.16. The Balaban J connectivity index is 2.61. The molecule has 1 aliphatic rings. The largest absolute Gasteiger partial charge is 0.372 e. The standard InChI is InChI=1S/C9H20N4O/c1-4-11-9(12-10)13-5-7(2)14-8(3)6-13/h7-8H,4-6,10H2,1-3H3,(H,11,12). The molecule has 5 nitrogen and oxygen atoms in total. The minimum Gasteiger partial charge on any atom is -0.372 e. The molecule has 1 saturated heterocycles. The van der Waals surface area contributed by atoms with Gasteiger partial charge in [0.05, 0.1) is 12.2 Å². The zero-order valence-corrected chi connectivity index (χ0v) is 9.16. The maximum absolute atomic E-state index is 5.62. The Bertz CT molecular complexity index is 197. The van der Waals surface area contributed by atoms with Crippen LogP contribution in [0.2, 0.25) is 0 Å². The molecule has 3 N–H and O–H groups in total. The lowest BCUT2D eigenvalue weighted by Gasteiger charge is -2.36. The summed E-state index contributed by atoms with van der Waals surface area (Å²) >= 11 is 0. The van der Waals surface area contributed by atoms with E-state index in [-0.39, 0.29) is 12.2 Å². The van der Waals surface area contributed by atoms with E-state index in [0.717, 1.165) is 25.6 Å². The molecule has 1 fully saturated rings. The summed E-state index contributed by atoms with van der Waals surface area (Å²) in [5.74, 6) is 6.18. The van der Waals surface area contributed by atoms with E-state index < -0.39 is 0 Å². The summed E-state index contributed by atoms with van der Waals surface area (Å²) in [6.07, 6.45) is 0.461. The predicted octanol–water partition coefficient (Wildman–Crippen LogP) is -0.0652. The predicted molar refractivity (Wildman–Crippen MR) is 56.9 cm³/mol. The zero-order valence-electron chi connectivity index (χ0n) is 9.16. The van der Waals surface area contributed by atoms with Crippen molar-refractivity contribution in [3.05, 3.63) is 0 Å². The fourth-order valence-corrected chi connectivity index (χ4v) is 1.74. The van der Waals surface area contributed by atoms with Crippen molar-refractivity contribution in [2.75, 3.05) is 19.6 Å². The van der Waals surface area contributed by atoms with Crippen molar-refractivity contribution in [1.29, 1.82) is 0 Å². The van der Waals surface area contributed by atoms with Gasteiger partial charge in [-0.1, -0.05) is 0 Å². The van der Waals surface area contributed by atoms with Crippen LogP contribution in [0.4, 0.5) is 0 Å². The average molecular weight is 200 g/mol. The lowest BCUT2D eigenvalue weighted by atomic mass is 10.2. The van der Waals surface area contributed by atoms with Gasteiger partial charge in [0.15, 0.2) is 0 Å². The highest BCUT2D eigenvalue weighted by Crippen LogP contribution is 2.10. The number of guanidine groups is 1. The van der Waals surface area contributed by atoms with Gasteiger partial charge in [0.2, 0.25) is 5.96 Å². The number of hydrogen-bond acceptors (Lipinski definition) is 3. The van der Waals surface area contributed by atoms with Crippen LogP contribution in [0, 0.1) is 0 Å². The summed E-state index contributed by atoms with van der Waals surface area (Å²) < 4.78 is 5.62. The molecule has 1 aliphatic heterocycles. The van der Waals surface area contributed by atoms with Crippen LogP contribution in [0.15, 0.2) is 4.99 Å². The van der Waals surface area contributed by atoms with Crippen LogP contribution >= 0.6 is 0 Å². The van der Waals surface area contributed by atoms with Gasteiger partial charge in [-0.25, -0.2) is 5.84 Å². The molecule has 0 aromatic heterocycles. The first-order valence-corrected chi connectivity index (χ1v) is 5.08. The van der Waals surface area contributed by atoms with Crippen LogP contribution in [0.1, 0.15) is 20.8 Å². The maximum Gasteiger partial charge on any atom is 0.208 e. The van der Waals surface area contributed by atoms with E-state index in [1.54, 1.807) is 0 Å². The molecule has 1 rings (SSSR count). The fraction of sp³-hybridized carbons (Fsp3) is 0.889. The quantitative estimate of drug-likeness (QED) is 0.269. The van der Waals surface area contributed by atoms with Gasteiger partial charge in [-0.3, -0.25) is 10.4 Å². The summed E-state index contributed by atoms with van der Waals surface area (Å²) in [6, 6.07) is 0. The fourth-order valence-electron chi connectivity index (χ4n) is 1.74. The van der Waals surface area contributed by atoms with Crippen LogP contribution in [-0.2, 0) is 4.74 Å². The Labute approximate surface area is 85.3 Å². The minimum atomic E-state index is 0.231. The van der Waals surface area contributed by atoms with Crippen molar-refractivity contribution >= 4 is 5.96 Å². The van der Waals surface area contributed by atoms with Gasteiger partial charge in [-0.2, -0.15) is 0 Å². The summed E-state index contributed by atoms with van der Waals surface area (Å²) in [7, 11) is 0. The summed E-state index contributed by atoms with van der Waals surface area (Å²) in [4.78, 5) is 6.41. The molecule has 0 radical (unpaired) electrons. The molecule has 0 aromatic rings. The number of nitrogens with two attached hydrogens (primary N) is 1. The van der Waals surface area contributed by atoms with E-state index in [9.17, 15) is 0 Å². The molecule has 5 heteroatoms. The second-order valence-corrected chi connectivity index (χ2v) is 3.60. The molecular formula is C9H20N4O. The monoisotopic (exact) mass is 200 g/mol. The zero-order chi connectivity index (χ0) is 10.6. The number of nitrogens with zero attached hydrogens (tertiary/aromatic N) is 2. The summed E-state index contributed by atoms with van der Waals surface area (Å²) in [6.45, 7) is 8.52. The van der Waals surface area contributed by atoms with Gasteiger partial charge >= 0.3 is 0 Å². The molecule has 0 aromatic carbocycles. The van der Waals surface area contributed by atoms with E-state index in [2.05, 4.69) is 29.2 Å². The first-order valence-electron chi connectivity index (χ1n) is 5.08. The minimum absolute atomic E-state index is 0.231. The van der Waals surface area contributed by atoms with Crippen molar-refractivity contribution in [3.8, 4) is 0 Å². The molecule has 2 unspecified atom stereocenters. The Hall–Kier alpha value is -0.810. The van der Waals surface area contributed by atoms with Crippen molar-refractivity contribution in [2.45, 2.75) is 33.0 Å². The van der Waals surface area contributed by atoms with E-state index in [1.807, 2.05) is 6.92 Å². The van der Waals surface area contributed by atoms with Crippen LogP contribution < -0.4 is 11.3 Å². The number of morpholine rings is 1. The number of hydrazine groups is 1. The van der Waals surface area contributed by atoms with E-state index in [1.165, 1.54) is 0 Å². The first-order chi connectivity index (χ1) is 6.67. The number of rotatable bonds is 1. The average Bonchev–Trinajstić information content (AvgIpc) is 2.12. The second kappa shape index (κ2) is 5.17. The van der Waals surface area contributed by atoms with Crippen LogP contribution in [0.25, 0.3) is 0 Å². The lowest BCUT2D eigenvalue weighted by Crippen LogP contribution is -2.54. The highest BCUT2D eigenvalue weighted by atomic mass is 16.5. The molecule has 0 saturated carbocycles. The van der Waals surface area contributed by atoms with Gasteiger partial charge in [-0.05, 0) is 20.8 Å². The third-order valence-corrected chi connectivity index (χ3v) is 2.16. The van der Waals surface area contributed by atoms with Crippen LogP contribution in [-0.4, -0.2) is 42.7 Å². The maximum atomic E-state index is 5.62. The van der Waals surface area contributed by atoms with Crippen LogP contribution in [0.5, 0.6) is 0 Å². The smallest absolute Gasteiger partial charge is 0.208 e. The molecule has 0 bridgehead atoms. The summed E-state index contributed by atoms with van der Waals surface area (Å²) in [5, 5.41) is 0. The molecule has 0 amide bonds. The third kappa shape index (κ3) is 2.85. The van der Waals surface area contributed by atoms with Crippen molar-refractivity contribution < 1.29 is 4.74 Å². The molecule has 82 valence electrons. The van der Waals surface area contributed by atoms with Crippen molar-refractivity contribution in [1.82, 2.24) is 10.3 Å². The normalized spacial score (nSPS) is 29.1. The number of nitrogens with one attached hydrogen (secondary N) is 1. The van der Waals surface area contributed by atoms with Crippen molar-refractivity contribution in [3.63, 3.8) is 0 Å². The number of hydrogen-bond donors (Lipinski definition) is 2. The number of ether oxygens (including phenoxy) is 1. The molecule has 0 aliphatic carbocycles. The van der Waals surface area contributed by atoms with Gasteiger partial charge in [0.1, 0.15) is 0 Å². The number of aliphatic imine (C=N–C) groups is 1. The highest BCUT2D eigenvalue weighted by Gasteiger charge is 2.23. The highest BCUT2D eigenvalue weighted by molar-refractivity contribution is 5.79. The lowest BCUT2D eigenvalue weighted by molar-refractivity contribution is -0.0489. The van der Waals surface area contributed by atoms with E-state index in [0.29, 0.717) is 0 Å². The molecular weight excluding hydrogens is 180 g/mol. The topological polar surface area (TPSA) is 62.9 Å². The van der Waals surface area contributed by atoms with E-state index in [4.69, 9.17) is 10.6 Å². The summed E-state index contributed by atoms with van der Waals surface area (Å²) in [5.41, 5.74) is 2.63. The van der Waals surface area contributed by atoms with Crippen LogP contribution in [0.3, 0.4) is 0 Å². The molecule has 14 heavy (non-hydrogen) atoms. The Morgan fingerprint density at radius 3 is 2.50 bits per heavy atom. The van der Waals surface area contributed by atoms with Gasteiger partial charge in [-0.15, -0.1) is 0 Å².